The van der Waals surface area contributed by atoms with Gasteiger partial charge in [0.2, 0.25) is 0 Å². The Bertz CT molecular complexity index is 213. The van der Waals surface area contributed by atoms with Crippen LogP contribution in [-0.4, -0.2) is 36.1 Å². The standard InChI is InChI=1S/C14H28N2/c1-6-9-16(14(3,4)5)11-12(2)10-15-13-7-8-13/h6,12-13,15H,1,7-11H2,2-5H3. The van der Waals surface area contributed by atoms with E-state index in [1.807, 2.05) is 6.08 Å². The highest BCUT2D eigenvalue weighted by Gasteiger charge is 2.24. The van der Waals surface area contributed by atoms with E-state index >= 15 is 0 Å². The van der Waals surface area contributed by atoms with Crippen LogP contribution in [0.4, 0.5) is 0 Å². The minimum absolute atomic E-state index is 0.238. The summed E-state index contributed by atoms with van der Waals surface area (Å²) >= 11 is 0. The molecular weight excluding hydrogens is 196 g/mol. The predicted molar refractivity (Wildman–Crippen MR) is 71.7 cm³/mol. The molecule has 1 atom stereocenters. The molecular formula is C14H28N2. The molecule has 94 valence electrons. The second kappa shape index (κ2) is 5.83. The number of nitrogens with one attached hydrogen (secondary N) is 1. The zero-order valence-electron chi connectivity index (χ0n) is 11.4. The van der Waals surface area contributed by atoms with Crippen molar-refractivity contribution in [2.75, 3.05) is 19.6 Å². The van der Waals surface area contributed by atoms with Gasteiger partial charge in [0.15, 0.2) is 0 Å². The molecule has 0 radical (unpaired) electrons. The Kier molecular flexibility index (Phi) is 5.00. The summed E-state index contributed by atoms with van der Waals surface area (Å²) in [6.07, 6.45) is 4.76. The fourth-order valence-electron chi connectivity index (χ4n) is 1.87. The van der Waals surface area contributed by atoms with Crippen LogP contribution in [0.15, 0.2) is 12.7 Å². The van der Waals surface area contributed by atoms with E-state index in [1.165, 1.54) is 12.8 Å². The highest BCUT2D eigenvalue weighted by Crippen LogP contribution is 2.19. The molecule has 1 rings (SSSR count). The van der Waals surface area contributed by atoms with E-state index in [9.17, 15) is 0 Å². The highest BCUT2D eigenvalue weighted by atomic mass is 15.2. The van der Waals surface area contributed by atoms with Crippen molar-refractivity contribution in [2.24, 2.45) is 5.92 Å². The molecule has 0 aromatic heterocycles. The Labute approximate surface area is 101 Å². The third kappa shape index (κ3) is 5.13. The lowest BCUT2D eigenvalue weighted by molar-refractivity contribution is 0.132. The summed E-state index contributed by atoms with van der Waals surface area (Å²) in [7, 11) is 0. The molecule has 1 saturated carbocycles. The van der Waals surface area contributed by atoms with Crippen LogP contribution < -0.4 is 5.32 Å². The van der Waals surface area contributed by atoms with Gasteiger partial charge in [0.05, 0.1) is 0 Å². The van der Waals surface area contributed by atoms with Gasteiger partial charge in [-0.2, -0.15) is 0 Å². The smallest absolute Gasteiger partial charge is 0.0165 e. The van der Waals surface area contributed by atoms with Gasteiger partial charge in [0.25, 0.3) is 0 Å². The molecule has 0 spiro atoms. The molecule has 0 aromatic carbocycles. The molecule has 0 heterocycles. The predicted octanol–water partition coefficient (Wildman–Crippen LogP) is 2.66. The first-order valence-corrected chi connectivity index (χ1v) is 6.53. The summed E-state index contributed by atoms with van der Waals surface area (Å²) in [6.45, 7) is 16.3. The van der Waals surface area contributed by atoms with Gasteiger partial charge in [-0.05, 0) is 46.1 Å². The molecule has 0 amide bonds. The van der Waals surface area contributed by atoms with Crippen LogP contribution in [0.25, 0.3) is 0 Å². The molecule has 1 aliphatic carbocycles. The van der Waals surface area contributed by atoms with Crippen LogP contribution in [0.1, 0.15) is 40.5 Å². The molecule has 0 bridgehead atoms. The number of hydrogen-bond acceptors (Lipinski definition) is 2. The van der Waals surface area contributed by atoms with Crippen LogP contribution in [0.2, 0.25) is 0 Å². The fourth-order valence-corrected chi connectivity index (χ4v) is 1.87. The van der Waals surface area contributed by atoms with Crippen LogP contribution >= 0.6 is 0 Å². The van der Waals surface area contributed by atoms with Gasteiger partial charge < -0.3 is 5.32 Å². The summed E-state index contributed by atoms with van der Waals surface area (Å²) in [5, 5.41) is 3.60. The van der Waals surface area contributed by atoms with E-state index in [0.29, 0.717) is 5.92 Å². The minimum atomic E-state index is 0.238. The van der Waals surface area contributed by atoms with Crippen molar-refractivity contribution in [2.45, 2.75) is 52.1 Å². The van der Waals surface area contributed by atoms with Gasteiger partial charge in [-0.3, -0.25) is 4.90 Å². The van der Waals surface area contributed by atoms with E-state index in [1.54, 1.807) is 0 Å². The van der Waals surface area contributed by atoms with E-state index in [0.717, 1.165) is 25.7 Å². The molecule has 2 heteroatoms. The molecule has 1 aliphatic rings. The fraction of sp³-hybridized carbons (Fsp3) is 0.857. The summed E-state index contributed by atoms with van der Waals surface area (Å²) < 4.78 is 0. The monoisotopic (exact) mass is 224 g/mol. The van der Waals surface area contributed by atoms with Crippen molar-refractivity contribution >= 4 is 0 Å². The molecule has 1 fully saturated rings. The largest absolute Gasteiger partial charge is 0.314 e. The Hall–Kier alpha value is -0.340. The molecule has 16 heavy (non-hydrogen) atoms. The molecule has 1 N–H and O–H groups in total. The second-order valence-electron chi connectivity index (χ2n) is 6.15. The summed E-state index contributed by atoms with van der Waals surface area (Å²) in [6, 6.07) is 0.824. The Morgan fingerprint density at radius 1 is 1.44 bits per heavy atom. The van der Waals surface area contributed by atoms with Crippen molar-refractivity contribution in [1.82, 2.24) is 10.2 Å². The first kappa shape index (κ1) is 13.7. The second-order valence-corrected chi connectivity index (χ2v) is 6.15. The van der Waals surface area contributed by atoms with Crippen LogP contribution in [-0.2, 0) is 0 Å². The van der Waals surface area contributed by atoms with E-state index < -0.39 is 0 Å². The Morgan fingerprint density at radius 3 is 2.50 bits per heavy atom. The topological polar surface area (TPSA) is 15.3 Å². The van der Waals surface area contributed by atoms with Crippen molar-refractivity contribution in [1.29, 1.82) is 0 Å². The molecule has 2 nitrogen and oxygen atoms in total. The van der Waals surface area contributed by atoms with Crippen molar-refractivity contribution in [3.8, 4) is 0 Å². The van der Waals surface area contributed by atoms with Crippen molar-refractivity contribution in [3.63, 3.8) is 0 Å². The summed E-state index contributed by atoms with van der Waals surface area (Å²) in [5.41, 5.74) is 0.238. The van der Waals surface area contributed by atoms with E-state index in [-0.39, 0.29) is 5.54 Å². The average molecular weight is 224 g/mol. The van der Waals surface area contributed by atoms with Gasteiger partial charge in [0, 0.05) is 24.7 Å². The number of hydrogen-bond donors (Lipinski definition) is 1. The van der Waals surface area contributed by atoms with Gasteiger partial charge in [-0.15, -0.1) is 6.58 Å². The van der Waals surface area contributed by atoms with Crippen molar-refractivity contribution < 1.29 is 0 Å². The van der Waals surface area contributed by atoms with Crippen LogP contribution in [0.3, 0.4) is 0 Å². The van der Waals surface area contributed by atoms with Crippen LogP contribution in [0, 0.1) is 5.92 Å². The van der Waals surface area contributed by atoms with E-state index in [2.05, 4.69) is 44.5 Å². The highest BCUT2D eigenvalue weighted by molar-refractivity contribution is 4.85. The van der Waals surface area contributed by atoms with E-state index in [4.69, 9.17) is 0 Å². The molecule has 0 aromatic rings. The third-order valence-corrected chi connectivity index (χ3v) is 3.16. The zero-order chi connectivity index (χ0) is 12.2. The maximum Gasteiger partial charge on any atom is 0.0165 e. The third-order valence-electron chi connectivity index (χ3n) is 3.16. The average Bonchev–Trinajstić information content (AvgIpc) is 2.96. The lowest BCUT2D eigenvalue weighted by atomic mass is 10.0. The summed E-state index contributed by atoms with van der Waals surface area (Å²) in [5.74, 6) is 0.708. The summed E-state index contributed by atoms with van der Waals surface area (Å²) in [4.78, 5) is 2.50. The minimum Gasteiger partial charge on any atom is -0.314 e. The van der Waals surface area contributed by atoms with Gasteiger partial charge in [-0.25, -0.2) is 0 Å². The van der Waals surface area contributed by atoms with Gasteiger partial charge in [0.1, 0.15) is 0 Å². The lowest BCUT2D eigenvalue weighted by Crippen LogP contribution is -2.45. The number of rotatable bonds is 7. The zero-order valence-corrected chi connectivity index (χ0v) is 11.4. The first-order valence-electron chi connectivity index (χ1n) is 6.53. The Morgan fingerprint density at radius 2 is 2.06 bits per heavy atom. The quantitative estimate of drug-likeness (QED) is 0.669. The van der Waals surface area contributed by atoms with Gasteiger partial charge in [-0.1, -0.05) is 13.0 Å². The molecule has 0 saturated heterocycles. The number of nitrogens with zero attached hydrogens (tertiary/aromatic N) is 1. The SMILES string of the molecule is C=CCN(CC(C)CNC1CC1)C(C)(C)C. The first-order chi connectivity index (χ1) is 7.43. The molecule has 1 unspecified atom stereocenters. The van der Waals surface area contributed by atoms with Crippen molar-refractivity contribution in [3.05, 3.63) is 12.7 Å². The maximum atomic E-state index is 3.85. The Balaban J connectivity index is 2.30. The molecule has 0 aliphatic heterocycles. The lowest BCUT2D eigenvalue weighted by Gasteiger charge is -2.36. The maximum absolute atomic E-state index is 3.85. The van der Waals surface area contributed by atoms with Gasteiger partial charge >= 0.3 is 0 Å². The van der Waals surface area contributed by atoms with Crippen LogP contribution in [0.5, 0.6) is 0 Å². The normalized spacial score (nSPS) is 18.8.